The summed E-state index contributed by atoms with van der Waals surface area (Å²) in [5, 5.41) is 7.35. The van der Waals surface area contributed by atoms with Gasteiger partial charge in [0, 0.05) is 19.1 Å². The number of aryl methyl sites for hydroxylation is 1. The van der Waals surface area contributed by atoms with Gasteiger partial charge in [0.05, 0.1) is 0 Å². The summed E-state index contributed by atoms with van der Waals surface area (Å²) in [6.07, 6.45) is 1.80. The molecule has 1 heterocycles. The smallest absolute Gasteiger partial charge is 0.226 e. The number of nitrogens with zero attached hydrogens (tertiary/aromatic N) is 2. The molecule has 1 aromatic rings. The standard InChI is InChI=1S/C13H25N3O2/c1-6-17-13(4,5)12-15-11(18-16-12)8-7-9-14-10(2)3/h10,14H,6-9H2,1-5H3. The van der Waals surface area contributed by atoms with Gasteiger partial charge in [0.1, 0.15) is 5.60 Å². The van der Waals surface area contributed by atoms with Crippen molar-refractivity contribution < 1.29 is 9.26 Å². The van der Waals surface area contributed by atoms with E-state index in [1.807, 2.05) is 20.8 Å². The van der Waals surface area contributed by atoms with Crippen molar-refractivity contribution in [3.05, 3.63) is 11.7 Å². The third kappa shape index (κ3) is 4.74. The van der Waals surface area contributed by atoms with Gasteiger partial charge in [0.25, 0.3) is 0 Å². The zero-order chi connectivity index (χ0) is 13.6. The molecule has 0 amide bonds. The highest BCUT2D eigenvalue weighted by atomic mass is 16.5. The fourth-order valence-corrected chi connectivity index (χ4v) is 1.66. The van der Waals surface area contributed by atoms with Crippen molar-refractivity contribution in [1.82, 2.24) is 15.5 Å². The van der Waals surface area contributed by atoms with Crippen LogP contribution in [0.15, 0.2) is 4.52 Å². The Morgan fingerprint density at radius 2 is 2.11 bits per heavy atom. The monoisotopic (exact) mass is 255 g/mol. The molecule has 0 aliphatic carbocycles. The second kappa shape index (κ2) is 6.85. The van der Waals surface area contributed by atoms with Crippen LogP contribution in [0.4, 0.5) is 0 Å². The first-order valence-corrected chi connectivity index (χ1v) is 6.66. The van der Waals surface area contributed by atoms with E-state index in [4.69, 9.17) is 9.26 Å². The van der Waals surface area contributed by atoms with Crippen LogP contribution in [0.3, 0.4) is 0 Å². The molecular formula is C13H25N3O2. The summed E-state index contributed by atoms with van der Waals surface area (Å²) < 4.78 is 10.8. The Morgan fingerprint density at radius 3 is 2.72 bits per heavy atom. The molecule has 0 atom stereocenters. The van der Waals surface area contributed by atoms with Crippen LogP contribution in [0.1, 0.15) is 52.8 Å². The second-order valence-electron chi connectivity index (χ2n) is 5.17. The molecule has 0 saturated carbocycles. The van der Waals surface area contributed by atoms with Crippen molar-refractivity contribution in [2.75, 3.05) is 13.2 Å². The van der Waals surface area contributed by atoms with Crippen molar-refractivity contribution in [2.45, 2.75) is 59.1 Å². The van der Waals surface area contributed by atoms with Crippen LogP contribution in [0, 0.1) is 0 Å². The zero-order valence-electron chi connectivity index (χ0n) is 12.1. The van der Waals surface area contributed by atoms with Gasteiger partial charge in [-0.3, -0.25) is 0 Å². The van der Waals surface area contributed by atoms with Crippen molar-refractivity contribution in [3.8, 4) is 0 Å². The van der Waals surface area contributed by atoms with Gasteiger partial charge in [-0.2, -0.15) is 4.98 Å². The number of aromatic nitrogens is 2. The summed E-state index contributed by atoms with van der Waals surface area (Å²) >= 11 is 0. The Kier molecular flexibility index (Phi) is 5.75. The average Bonchev–Trinajstić information content (AvgIpc) is 2.73. The first kappa shape index (κ1) is 15.1. The predicted octanol–water partition coefficient (Wildman–Crippen LogP) is 2.27. The summed E-state index contributed by atoms with van der Waals surface area (Å²) in [6, 6.07) is 0.514. The van der Waals surface area contributed by atoms with Gasteiger partial charge in [0.2, 0.25) is 11.7 Å². The number of ether oxygens (including phenoxy) is 1. The molecule has 0 aliphatic rings. The molecule has 1 rings (SSSR count). The van der Waals surface area contributed by atoms with Gasteiger partial charge in [-0.1, -0.05) is 19.0 Å². The molecule has 18 heavy (non-hydrogen) atoms. The zero-order valence-corrected chi connectivity index (χ0v) is 12.1. The molecule has 0 fully saturated rings. The molecule has 5 nitrogen and oxygen atoms in total. The molecule has 0 saturated heterocycles. The molecule has 0 bridgehead atoms. The highest BCUT2D eigenvalue weighted by Gasteiger charge is 2.26. The Hall–Kier alpha value is -0.940. The Bertz CT molecular complexity index is 348. The number of rotatable bonds is 8. The number of nitrogens with one attached hydrogen (secondary N) is 1. The minimum Gasteiger partial charge on any atom is -0.368 e. The largest absolute Gasteiger partial charge is 0.368 e. The SMILES string of the molecule is CCOC(C)(C)c1noc(CCCNC(C)C)n1. The third-order valence-electron chi connectivity index (χ3n) is 2.63. The van der Waals surface area contributed by atoms with Crippen molar-refractivity contribution in [2.24, 2.45) is 0 Å². The lowest BCUT2D eigenvalue weighted by Crippen LogP contribution is -2.24. The van der Waals surface area contributed by atoms with Crippen molar-refractivity contribution in [3.63, 3.8) is 0 Å². The third-order valence-corrected chi connectivity index (χ3v) is 2.63. The molecule has 0 aliphatic heterocycles. The lowest BCUT2D eigenvalue weighted by Gasteiger charge is -2.19. The van der Waals surface area contributed by atoms with Crippen LogP contribution in [0.2, 0.25) is 0 Å². The van der Waals surface area contributed by atoms with Crippen LogP contribution < -0.4 is 5.32 Å². The van der Waals surface area contributed by atoms with Gasteiger partial charge >= 0.3 is 0 Å². The summed E-state index contributed by atoms with van der Waals surface area (Å²) in [4.78, 5) is 4.39. The van der Waals surface area contributed by atoms with E-state index in [1.54, 1.807) is 0 Å². The van der Waals surface area contributed by atoms with Crippen LogP contribution in [-0.2, 0) is 16.8 Å². The van der Waals surface area contributed by atoms with E-state index in [1.165, 1.54) is 0 Å². The van der Waals surface area contributed by atoms with Crippen LogP contribution >= 0.6 is 0 Å². The molecule has 1 aromatic heterocycles. The number of hydrogen-bond acceptors (Lipinski definition) is 5. The highest BCUT2D eigenvalue weighted by Crippen LogP contribution is 2.21. The van der Waals surface area contributed by atoms with E-state index in [2.05, 4.69) is 29.3 Å². The van der Waals surface area contributed by atoms with Gasteiger partial charge < -0.3 is 14.6 Å². The topological polar surface area (TPSA) is 60.2 Å². The highest BCUT2D eigenvalue weighted by molar-refractivity contribution is 4.97. The molecule has 1 N–H and O–H groups in total. The Labute approximate surface area is 109 Å². The van der Waals surface area contributed by atoms with Crippen LogP contribution in [0.25, 0.3) is 0 Å². The summed E-state index contributed by atoms with van der Waals surface area (Å²) in [5.41, 5.74) is -0.479. The van der Waals surface area contributed by atoms with Gasteiger partial charge in [-0.05, 0) is 33.7 Å². The normalized spacial score (nSPS) is 12.3. The van der Waals surface area contributed by atoms with E-state index in [9.17, 15) is 0 Å². The summed E-state index contributed by atoms with van der Waals surface area (Å²) in [7, 11) is 0. The van der Waals surface area contributed by atoms with E-state index in [0.717, 1.165) is 19.4 Å². The lowest BCUT2D eigenvalue weighted by molar-refractivity contribution is -0.0221. The van der Waals surface area contributed by atoms with E-state index < -0.39 is 5.60 Å². The van der Waals surface area contributed by atoms with Gasteiger partial charge in [-0.25, -0.2) is 0 Å². The maximum absolute atomic E-state index is 5.59. The molecule has 104 valence electrons. The number of hydrogen-bond donors (Lipinski definition) is 1. The molecule has 0 radical (unpaired) electrons. The quantitative estimate of drug-likeness (QED) is 0.722. The first-order chi connectivity index (χ1) is 8.45. The fourth-order valence-electron chi connectivity index (χ4n) is 1.66. The second-order valence-corrected chi connectivity index (χ2v) is 5.17. The fraction of sp³-hybridized carbons (Fsp3) is 0.846. The van der Waals surface area contributed by atoms with E-state index in [-0.39, 0.29) is 0 Å². The lowest BCUT2D eigenvalue weighted by atomic mass is 10.1. The van der Waals surface area contributed by atoms with Crippen LogP contribution in [0.5, 0.6) is 0 Å². The van der Waals surface area contributed by atoms with Gasteiger partial charge in [-0.15, -0.1) is 0 Å². The summed E-state index contributed by atoms with van der Waals surface area (Å²) in [5.74, 6) is 1.31. The first-order valence-electron chi connectivity index (χ1n) is 6.66. The molecule has 5 heteroatoms. The Balaban J connectivity index is 2.43. The molecule has 0 aromatic carbocycles. The van der Waals surface area contributed by atoms with Gasteiger partial charge in [0.15, 0.2) is 0 Å². The van der Waals surface area contributed by atoms with Crippen molar-refractivity contribution >= 4 is 0 Å². The average molecular weight is 255 g/mol. The van der Waals surface area contributed by atoms with Crippen molar-refractivity contribution in [1.29, 1.82) is 0 Å². The van der Waals surface area contributed by atoms with Crippen LogP contribution in [-0.4, -0.2) is 29.3 Å². The van der Waals surface area contributed by atoms with E-state index >= 15 is 0 Å². The minimum absolute atomic E-state index is 0.479. The minimum atomic E-state index is -0.479. The molecule has 0 unspecified atom stereocenters. The van der Waals surface area contributed by atoms with E-state index in [0.29, 0.717) is 24.4 Å². The predicted molar refractivity (Wildman–Crippen MR) is 70.4 cm³/mol. The maximum Gasteiger partial charge on any atom is 0.226 e. The maximum atomic E-state index is 5.59. The summed E-state index contributed by atoms with van der Waals surface area (Å²) in [6.45, 7) is 11.7. The molecular weight excluding hydrogens is 230 g/mol. The molecule has 0 spiro atoms. The Morgan fingerprint density at radius 1 is 1.39 bits per heavy atom.